The van der Waals surface area contributed by atoms with E-state index in [9.17, 15) is 0 Å². The minimum absolute atomic E-state index is 0.370. The van der Waals surface area contributed by atoms with E-state index in [2.05, 4.69) is 19.8 Å². The summed E-state index contributed by atoms with van der Waals surface area (Å²) in [5.41, 5.74) is -0.370. The minimum Gasteiger partial charge on any atom is -0.363 e. The molecule has 0 aromatic rings. The Bertz CT molecular complexity index is 157. The monoisotopic (exact) mass is 168 g/mol. The van der Waals surface area contributed by atoms with Crippen molar-refractivity contribution in [3.05, 3.63) is 0 Å². The highest BCUT2D eigenvalue weighted by atomic mass is 16.5. The molecule has 12 heavy (non-hydrogen) atoms. The summed E-state index contributed by atoms with van der Waals surface area (Å²) in [5.74, 6) is 3.18. The molecular formula is C11H20O. The van der Waals surface area contributed by atoms with Crippen molar-refractivity contribution in [1.29, 1.82) is 0 Å². The van der Waals surface area contributed by atoms with Crippen molar-refractivity contribution in [2.45, 2.75) is 46.1 Å². The van der Waals surface area contributed by atoms with Crippen LogP contribution in [0.5, 0.6) is 0 Å². The first-order chi connectivity index (χ1) is 5.60. The molecule has 0 saturated carbocycles. The molecule has 0 N–H and O–H groups in total. The second-order valence-electron chi connectivity index (χ2n) is 3.37. The van der Waals surface area contributed by atoms with Gasteiger partial charge in [-0.2, -0.15) is 0 Å². The fraction of sp³-hybridized carbons (Fsp3) is 0.818. The van der Waals surface area contributed by atoms with Gasteiger partial charge in [0.1, 0.15) is 5.60 Å². The maximum absolute atomic E-state index is 5.56. The van der Waals surface area contributed by atoms with Crippen molar-refractivity contribution in [2.24, 2.45) is 5.92 Å². The highest BCUT2D eigenvalue weighted by Gasteiger charge is 2.28. The van der Waals surface area contributed by atoms with E-state index in [1.165, 1.54) is 0 Å². The van der Waals surface area contributed by atoms with Crippen LogP contribution in [0.4, 0.5) is 0 Å². The van der Waals surface area contributed by atoms with E-state index >= 15 is 0 Å². The van der Waals surface area contributed by atoms with Gasteiger partial charge < -0.3 is 4.74 Å². The van der Waals surface area contributed by atoms with Gasteiger partial charge >= 0.3 is 0 Å². The highest BCUT2D eigenvalue weighted by Crippen LogP contribution is 2.24. The molecule has 0 aromatic carbocycles. The normalized spacial score (nSPS) is 17.9. The van der Waals surface area contributed by atoms with Gasteiger partial charge in [0, 0.05) is 6.61 Å². The first-order valence-corrected chi connectivity index (χ1v) is 4.72. The van der Waals surface area contributed by atoms with E-state index in [0.717, 1.165) is 12.8 Å². The Labute approximate surface area is 76.5 Å². The third kappa shape index (κ3) is 2.87. The Kier molecular flexibility index (Phi) is 5.01. The van der Waals surface area contributed by atoms with E-state index in [-0.39, 0.29) is 5.60 Å². The predicted octanol–water partition coefficient (Wildman–Crippen LogP) is 2.85. The summed E-state index contributed by atoms with van der Waals surface area (Å²) in [7, 11) is 0. The van der Waals surface area contributed by atoms with Crippen molar-refractivity contribution in [3.63, 3.8) is 0 Å². The van der Waals surface area contributed by atoms with Crippen molar-refractivity contribution in [2.75, 3.05) is 6.61 Å². The van der Waals surface area contributed by atoms with Crippen LogP contribution < -0.4 is 0 Å². The molecule has 0 radical (unpaired) electrons. The molecule has 0 fully saturated rings. The van der Waals surface area contributed by atoms with Crippen LogP contribution in [0.1, 0.15) is 40.5 Å². The molecule has 0 rings (SSSR count). The third-order valence-electron chi connectivity index (χ3n) is 2.39. The third-order valence-corrected chi connectivity index (χ3v) is 2.39. The van der Waals surface area contributed by atoms with Crippen molar-refractivity contribution in [3.8, 4) is 12.3 Å². The minimum atomic E-state index is -0.370. The number of hydrogen-bond acceptors (Lipinski definition) is 1. The Balaban J connectivity index is 4.21. The number of rotatable bonds is 5. The fourth-order valence-electron chi connectivity index (χ4n) is 1.33. The molecule has 0 amide bonds. The quantitative estimate of drug-likeness (QED) is 0.574. The van der Waals surface area contributed by atoms with Crippen LogP contribution in [0.3, 0.4) is 0 Å². The summed E-state index contributed by atoms with van der Waals surface area (Å²) < 4.78 is 5.56. The maximum Gasteiger partial charge on any atom is 0.128 e. The van der Waals surface area contributed by atoms with Gasteiger partial charge in [0.05, 0.1) is 0 Å². The molecule has 1 nitrogen and oxygen atoms in total. The van der Waals surface area contributed by atoms with Gasteiger partial charge in [0.15, 0.2) is 0 Å². The van der Waals surface area contributed by atoms with Gasteiger partial charge in [-0.25, -0.2) is 0 Å². The van der Waals surface area contributed by atoms with Crippen LogP contribution in [-0.2, 0) is 4.74 Å². The topological polar surface area (TPSA) is 9.23 Å². The van der Waals surface area contributed by atoms with Crippen molar-refractivity contribution < 1.29 is 4.74 Å². The average Bonchev–Trinajstić information content (AvgIpc) is 2.05. The zero-order chi connectivity index (χ0) is 9.61. The molecule has 0 heterocycles. The first-order valence-electron chi connectivity index (χ1n) is 4.72. The molecule has 0 aliphatic heterocycles. The summed E-state index contributed by atoms with van der Waals surface area (Å²) in [4.78, 5) is 0. The molecule has 0 spiro atoms. The zero-order valence-corrected chi connectivity index (χ0v) is 8.68. The van der Waals surface area contributed by atoms with Gasteiger partial charge in [0.25, 0.3) is 0 Å². The second kappa shape index (κ2) is 5.22. The van der Waals surface area contributed by atoms with Gasteiger partial charge in [-0.15, -0.1) is 6.42 Å². The lowest BCUT2D eigenvalue weighted by Gasteiger charge is -2.30. The Hall–Kier alpha value is -0.480. The van der Waals surface area contributed by atoms with Crippen molar-refractivity contribution in [1.82, 2.24) is 0 Å². The predicted molar refractivity (Wildman–Crippen MR) is 52.9 cm³/mol. The summed E-state index contributed by atoms with van der Waals surface area (Å²) in [6.45, 7) is 8.98. The molecule has 0 aliphatic carbocycles. The van der Waals surface area contributed by atoms with Gasteiger partial charge in [-0.3, -0.25) is 0 Å². The zero-order valence-electron chi connectivity index (χ0n) is 8.68. The molecule has 0 bridgehead atoms. The highest BCUT2D eigenvalue weighted by molar-refractivity contribution is 5.08. The van der Waals surface area contributed by atoms with E-state index in [1.54, 1.807) is 0 Å². The van der Waals surface area contributed by atoms with Crippen LogP contribution in [0.15, 0.2) is 0 Å². The lowest BCUT2D eigenvalue weighted by molar-refractivity contribution is -0.0202. The number of ether oxygens (including phenoxy) is 1. The summed E-state index contributed by atoms with van der Waals surface area (Å²) >= 11 is 0. The van der Waals surface area contributed by atoms with E-state index in [4.69, 9.17) is 11.2 Å². The van der Waals surface area contributed by atoms with Crippen molar-refractivity contribution >= 4 is 0 Å². The van der Waals surface area contributed by atoms with Gasteiger partial charge in [0.2, 0.25) is 0 Å². The van der Waals surface area contributed by atoms with Crippen LogP contribution in [0.2, 0.25) is 0 Å². The first kappa shape index (κ1) is 11.5. The SMILES string of the molecule is C#CC(C)(OCC)C(C)CCC. The summed E-state index contributed by atoms with van der Waals surface area (Å²) in [5, 5.41) is 0. The van der Waals surface area contributed by atoms with Crippen LogP contribution in [-0.4, -0.2) is 12.2 Å². The molecule has 70 valence electrons. The fourth-order valence-corrected chi connectivity index (χ4v) is 1.33. The largest absolute Gasteiger partial charge is 0.363 e. The maximum atomic E-state index is 5.56. The second-order valence-corrected chi connectivity index (χ2v) is 3.37. The average molecular weight is 168 g/mol. The van der Waals surface area contributed by atoms with E-state index < -0.39 is 0 Å². The van der Waals surface area contributed by atoms with E-state index in [1.807, 2.05) is 13.8 Å². The van der Waals surface area contributed by atoms with Crippen LogP contribution in [0.25, 0.3) is 0 Å². The molecule has 2 atom stereocenters. The molecule has 2 unspecified atom stereocenters. The van der Waals surface area contributed by atoms with Crippen LogP contribution in [0, 0.1) is 18.3 Å². The molecule has 0 aromatic heterocycles. The smallest absolute Gasteiger partial charge is 0.128 e. The number of hydrogen-bond donors (Lipinski definition) is 0. The van der Waals surface area contributed by atoms with E-state index in [0.29, 0.717) is 12.5 Å². The Morgan fingerprint density at radius 3 is 2.42 bits per heavy atom. The van der Waals surface area contributed by atoms with Gasteiger partial charge in [-0.1, -0.05) is 26.2 Å². The molecule has 0 saturated heterocycles. The molecule has 1 heteroatoms. The Morgan fingerprint density at radius 1 is 1.50 bits per heavy atom. The lowest BCUT2D eigenvalue weighted by atomic mass is 9.88. The molecule has 0 aliphatic rings. The van der Waals surface area contributed by atoms with Gasteiger partial charge in [-0.05, 0) is 26.2 Å². The standard InChI is InChI=1S/C11H20O/c1-6-9-10(4)11(5,7-2)12-8-3/h2,10H,6,8-9H2,1,3-5H3. The van der Waals surface area contributed by atoms with Crippen LogP contribution >= 0.6 is 0 Å². The summed E-state index contributed by atoms with van der Waals surface area (Å²) in [6.07, 6.45) is 7.73. The lowest BCUT2D eigenvalue weighted by Crippen LogP contribution is -2.34. The number of terminal acetylenes is 1. The summed E-state index contributed by atoms with van der Waals surface area (Å²) in [6, 6.07) is 0. The Morgan fingerprint density at radius 2 is 2.08 bits per heavy atom. The molecular weight excluding hydrogens is 148 g/mol.